The van der Waals surface area contributed by atoms with Crippen molar-refractivity contribution in [3.8, 4) is 0 Å². The predicted octanol–water partition coefficient (Wildman–Crippen LogP) is 2.56. The van der Waals surface area contributed by atoms with Crippen molar-refractivity contribution in [1.82, 2.24) is 9.55 Å². The standard InChI is InChI=1S/C18H26FN3O6/c1-5-6-7-8-25-17(24)21-14-11(19)9-22(16(23)20-14)15-13-12(10(2)26-15)27-18(3,4)28-13/h9-10,12-13,15H,5-8H2,1-4H3,(H,20,21,23,24)/t10?,12-,13?,15-/m1/s1. The number of nitrogens with zero attached hydrogens (tertiary/aromatic N) is 2. The summed E-state index contributed by atoms with van der Waals surface area (Å²) in [5.74, 6) is -2.21. The molecule has 1 amide bonds. The highest BCUT2D eigenvalue weighted by atomic mass is 19.1. The first-order chi connectivity index (χ1) is 13.2. The Morgan fingerprint density at radius 1 is 1.36 bits per heavy atom. The molecule has 1 aromatic heterocycles. The maximum atomic E-state index is 14.5. The Bertz CT molecular complexity index is 783. The molecule has 0 aliphatic carbocycles. The van der Waals surface area contributed by atoms with Gasteiger partial charge in [0.25, 0.3) is 0 Å². The Balaban J connectivity index is 1.72. The molecule has 4 atom stereocenters. The Morgan fingerprint density at radius 3 is 2.79 bits per heavy atom. The average molecular weight is 399 g/mol. The third kappa shape index (κ3) is 4.34. The molecule has 2 aliphatic rings. The van der Waals surface area contributed by atoms with E-state index in [9.17, 15) is 14.0 Å². The smallest absolute Gasteiger partial charge is 0.412 e. The molecule has 2 saturated heterocycles. The van der Waals surface area contributed by atoms with Gasteiger partial charge in [0.2, 0.25) is 0 Å². The quantitative estimate of drug-likeness (QED) is 0.734. The van der Waals surface area contributed by atoms with E-state index in [0.29, 0.717) is 6.42 Å². The van der Waals surface area contributed by atoms with Gasteiger partial charge in [-0.1, -0.05) is 19.8 Å². The molecule has 9 nitrogen and oxygen atoms in total. The lowest BCUT2D eigenvalue weighted by Crippen LogP contribution is -2.36. The van der Waals surface area contributed by atoms with Crippen molar-refractivity contribution in [2.24, 2.45) is 0 Å². The van der Waals surface area contributed by atoms with Crippen molar-refractivity contribution in [3.05, 3.63) is 22.5 Å². The van der Waals surface area contributed by atoms with E-state index in [4.69, 9.17) is 18.9 Å². The van der Waals surface area contributed by atoms with Crippen LogP contribution in [-0.2, 0) is 18.9 Å². The minimum atomic E-state index is -0.886. The van der Waals surface area contributed by atoms with E-state index in [1.165, 1.54) is 0 Å². The van der Waals surface area contributed by atoms with Crippen LogP contribution in [-0.4, -0.2) is 46.4 Å². The van der Waals surface area contributed by atoms with Gasteiger partial charge in [-0.2, -0.15) is 4.98 Å². The molecule has 0 saturated carbocycles. The second-order valence-corrected chi connectivity index (χ2v) is 7.39. The van der Waals surface area contributed by atoms with Gasteiger partial charge < -0.3 is 18.9 Å². The number of amides is 1. The summed E-state index contributed by atoms with van der Waals surface area (Å²) in [5.41, 5.74) is -0.783. The van der Waals surface area contributed by atoms with E-state index >= 15 is 0 Å². The van der Waals surface area contributed by atoms with Crippen molar-refractivity contribution in [3.63, 3.8) is 0 Å². The highest BCUT2D eigenvalue weighted by Gasteiger charge is 2.54. The van der Waals surface area contributed by atoms with E-state index in [2.05, 4.69) is 10.3 Å². The second kappa shape index (κ2) is 8.14. The van der Waals surface area contributed by atoms with Crippen LogP contribution >= 0.6 is 0 Å². The monoisotopic (exact) mass is 399 g/mol. The molecule has 10 heteroatoms. The number of ether oxygens (including phenoxy) is 4. The summed E-state index contributed by atoms with van der Waals surface area (Å²) in [7, 11) is 0. The number of anilines is 1. The van der Waals surface area contributed by atoms with Gasteiger partial charge in [-0.3, -0.25) is 9.88 Å². The van der Waals surface area contributed by atoms with E-state index in [1.807, 2.05) is 6.92 Å². The van der Waals surface area contributed by atoms with Crippen molar-refractivity contribution in [2.75, 3.05) is 11.9 Å². The summed E-state index contributed by atoms with van der Waals surface area (Å²) in [5, 5.41) is 2.16. The molecule has 28 heavy (non-hydrogen) atoms. The SMILES string of the molecule is CCCCCOC(=O)Nc1nc(=O)n([C@@H]2OC(C)[C@H]3OC(C)(C)OC32)cc1F. The zero-order chi connectivity index (χ0) is 20.5. The topological polar surface area (TPSA) is 101 Å². The van der Waals surface area contributed by atoms with Crippen LogP contribution in [0.15, 0.2) is 11.0 Å². The Hall–Kier alpha value is -2.04. The molecule has 3 heterocycles. The lowest BCUT2D eigenvalue weighted by Gasteiger charge is -2.24. The number of hydrogen-bond donors (Lipinski definition) is 1. The molecule has 2 aliphatic heterocycles. The molecule has 0 spiro atoms. The molecule has 1 aromatic rings. The molecule has 1 N–H and O–H groups in total. The summed E-state index contributed by atoms with van der Waals surface area (Å²) >= 11 is 0. The number of aromatic nitrogens is 2. The van der Waals surface area contributed by atoms with E-state index in [1.54, 1.807) is 20.8 Å². The van der Waals surface area contributed by atoms with Gasteiger partial charge in [0.1, 0.15) is 12.2 Å². The normalized spacial score (nSPS) is 28.2. The number of carbonyl (C=O) groups is 1. The predicted molar refractivity (Wildman–Crippen MR) is 96.4 cm³/mol. The molecule has 2 unspecified atom stereocenters. The van der Waals surface area contributed by atoms with Crippen LogP contribution in [0.2, 0.25) is 0 Å². The van der Waals surface area contributed by atoms with Gasteiger partial charge in [-0.25, -0.2) is 14.0 Å². The van der Waals surface area contributed by atoms with Crippen LogP contribution in [0.5, 0.6) is 0 Å². The summed E-state index contributed by atoms with van der Waals surface area (Å²) in [6.45, 7) is 7.55. The van der Waals surface area contributed by atoms with Crippen molar-refractivity contribution in [2.45, 2.75) is 77.3 Å². The highest BCUT2D eigenvalue weighted by molar-refractivity contribution is 5.83. The average Bonchev–Trinajstić information content (AvgIpc) is 3.09. The van der Waals surface area contributed by atoms with E-state index < -0.39 is 41.5 Å². The largest absolute Gasteiger partial charge is 0.449 e. The number of carbonyl (C=O) groups excluding carboxylic acids is 1. The number of unbranched alkanes of at least 4 members (excludes halogenated alkanes) is 2. The Labute approximate surface area is 162 Å². The third-order valence-corrected chi connectivity index (χ3v) is 4.64. The van der Waals surface area contributed by atoms with Crippen LogP contribution < -0.4 is 11.0 Å². The van der Waals surface area contributed by atoms with Crippen LogP contribution in [0, 0.1) is 5.82 Å². The van der Waals surface area contributed by atoms with Crippen molar-refractivity contribution >= 4 is 11.9 Å². The first-order valence-electron chi connectivity index (χ1n) is 9.45. The minimum Gasteiger partial charge on any atom is -0.449 e. The van der Waals surface area contributed by atoms with Crippen molar-refractivity contribution in [1.29, 1.82) is 0 Å². The molecule has 0 aromatic carbocycles. The molecule has 0 radical (unpaired) electrons. The molecular weight excluding hydrogens is 373 g/mol. The van der Waals surface area contributed by atoms with Gasteiger partial charge in [-0.15, -0.1) is 0 Å². The maximum absolute atomic E-state index is 14.5. The fourth-order valence-electron chi connectivity index (χ4n) is 3.36. The fraction of sp³-hybridized carbons (Fsp3) is 0.722. The molecular formula is C18H26FN3O6. The van der Waals surface area contributed by atoms with Crippen LogP contribution in [0.3, 0.4) is 0 Å². The maximum Gasteiger partial charge on any atom is 0.412 e. The fourth-order valence-corrected chi connectivity index (χ4v) is 3.36. The molecule has 3 rings (SSSR count). The third-order valence-electron chi connectivity index (χ3n) is 4.64. The lowest BCUT2D eigenvalue weighted by atomic mass is 10.1. The van der Waals surface area contributed by atoms with Gasteiger partial charge in [0.15, 0.2) is 23.7 Å². The molecule has 0 bridgehead atoms. The zero-order valence-corrected chi connectivity index (χ0v) is 16.4. The van der Waals surface area contributed by atoms with E-state index in [-0.39, 0.29) is 18.8 Å². The summed E-state index contributed by atoms with van der Waals surface area (Å²) in [6, 6.07) is 0. The Kier molecular flexibility index (Phi) is 6.01. The lowest BCUT2D eigenvalue weighted by molar-refractivity contribution is -0.195. The summed E-state index contributed by atoms with van der Waals surface area (Å²) < 4.78 is 37.8. The van der Waals surface area contributed by atoms with Gasteiger partial charge in [0.05, 0.1) is 18.9 Å². The minimum absolute atomic E-state index is 0.211. The number of nitrogens with one attached hydrogen (secondary N) is 1. The second-order valence-electron chi connectivity index (χ2n) is 7.39. The summed E-state index contributed by atoms with van der Waals surface area (Å²) in [6.07, 6.45) is 0.497. The highest BCUT2D eigenvalue weighted by Crippen LogP contribution is 2.42. The Morgan fingerprint density at radius 2 is 2.07 bits per heavy atom. The van der Waals surface area contributed by atoms with E-state index in [0.717, 1.165) is 23.6 Å². The van der Waals surface area contributed by atoms with Crippen LogP contribution in [0.25, 0.3) is 0 Å². The number of halogens is 1. The first kappa shape index (κ1) is 20.7. The number of fused-ring (bicyclic) bond motifs is 1. The first-order valence-corrected chi connectivity index (χ1v) is 9.45. The summed E-state index contributed by atoms with van der Waals surface area (Å²) in [4.78, 5) is 27.8. The van der Waals surface area contributed by atoms with Crippen LogP contribution in [0.4, 0.5) is 15.0 Å². The van der Waals surface area contributed by atoms with Gasteiger partial charge in [0, 0.05) is 0 Å². The van der Waals surface area contributed by atoms with Gasteiger partial charge >= 0.3 is 11.8 Å². The number of rotatable bonds is 6. The van der Waals surface area contributed by atoms with Gasteiger partial charge in [-0.05, 0) is 27.2 Å². The zero-order valence-electron chi connectivity index (χ0n) is 16.4. The van der Waals surface area contributed by atoms with Crippen molar-refractivity contribution < 1.29 is 28.1 Å². The van der Waals surface area contributed by atoms with Crippen LogP contribution in [0.1, 0.15) is 53.2 Å². The molecule has 156 valence electrons. The number of hydrogen-bond acceptors (Lipinski definition) is 7. The molecule has 2 fully saturated rings.